The largest absolute Gasteiger partial charge is 0.461 e. The molecule has 3 aromatic rings. The van der Waals surface area contributed by atoms with Crippen LogP contribution in [0.25, 0.3) is 0 Å². The van der Waals surface area contributed by atoms with Crippen LogP contribution >= 0.6 is 0 Å². The van der Waals surface area contributed by atoms with Crippen molar-refractivity contribution >= 4 is 56.0 Å². The second-order valence-electron chi connectivity index (χ2n) is 31.5. The molecule has 4 aliphatic heterocycles. The maximum atomic E-state index is 13.7. The summed E-state index contributed by atoms with van der Waals surface area (Å²) in [7, 11) is -5.01. The third-order valence-corrected chi connectivity index (χ3v) is 25.7. The molecule has 4 unspecified atom stereocenters. The number of carbonyl (C=O) groups is 3. The second kappa shape index (κ2) is 45.1. The maximum Gasteiger partial charge on any atom is 0.314 e. The van der Waals surface area contributed by atoms with Crippen molar-refractivity contribution in [1.82, 2.24) is 8.61 Å². The fourth-order valence-corrected chi connectivity index (χ4v) is 16.7. The minimum atomic E-state index is -1.29. The van der Waals surface area contributed by atoms with Gasteiger partial charge in [0, 0.05) is 49.2 Å². The lowest BCUT2D eigenvalue weighted by molar-refractivity contribution is -0.146. The number of nitrogens with two attached hydrogens (primary N) is 1. The lowest BCUT2D eigenvalue weighted by Gasteiger charge is -2.50. The number of benzene rings is 3. The first-order valence-electron chi connectivity index (χ1n) is 36.5. The normalized spacial score (nSPS) is 18.6. The van der Waals surface area contributed by atoms with E-state index in [0.29, 0.717) is 64.7 Å². The predicted molar refractivity (Wildman–Crippen MR) is 424 cm³/mol. The number of hydrogen-bond acceptors (Lipinski definition) is 16. The molecule has 580 valence electrons. The molecule has 0 bridgehead atoms. The van der Waals surface area contributed by atoms with E-state index >= 15 is 0 Å². The van der Waals surface area contributed by atoms with E-state index in [2.05, 4.69) is 96.1 Å². The lowest BCUT2D eigenvalue weighted by atomic mass is 9.82. The van der Waals surface area contributed by atoms with E-state index in [1.165, 1.54) is 25.7 Å². The van der Waals surface area contributed by atoms with Gasteiger partial charge in [-0.3, -0.25) is 14.4 Å². The number of ether oxygens (including phenoxy) is 9. The third kappa shape index (κ3) is 29.0. The number of carbonyl (C=O) groups excluding carboxylic acids is 3. The Morgan fingerprint density at radius 3 is 1.18 bits per heavy atom. The van der Waals surface area contributed by atoms with Gasteiger partial charge >= 0.3 is 17.9 Å². The number of aliphatic hydroxyl groups is 1. The zero-order valence-electron chi connectivity index (χ0n) is 64.2. The third-order valence-electron chi connectivity index (χ3n) is 18.5. The van der Waals surface area contributed by atoms with E-state index in [9.17, 15) is 22.8 Å². The Hall–Kier alpha value is -4.82. The van der Waals surface area contributed by atoms with Crippen molar-refractivity contribution in [3.05, 3.63) is 144 Å². The zero-order chi connectivity index (χ0) is 75.8. The summed E-state index contributed by atoms with van der Waals surface area (Å²) in [6.07, 6.45) is 24.5. The van der Waals surface area contributed by atoms with Gasteiger partial charge in [-0.25, -0.2) is 8.42 Å². The number of esters is 3. The van der Waals surface area contributed by atoms with Gasteiger partial charge in [-0.1, -0.05) is 183 Å². The van der Waals surface area contributed by atoms with Crippen molar-refractivity contribution in [1.29, 1.82) is 0 Å². The molecule has 103 heavy (non-hydrogen) atoms. The summed E-state index contributed by atoms with van der Waals surface area (Å²) in [5.74, 6) is -0.379. The van der Waals surface area contributed by atoms with Crippen molar-refractivity contribution in [3.8, 4) is 12.8 Å². The Morgan fingerprint density at radius 2 is 0.903 bits per heavy atom. The molecule has 4 heterocycles. The maximum absolute atomic E-state index is 13.7. The molecule has 2 aliphatic carbocycles. The highest BCUT2D eigenvalue weighted by Crippen LogP contribution is 2.44. The topological polar surface area (TPSA) is 221 Å². The molecule has 6 fully saturated rings. The Morgan fingerprint density at radius 1 is 0.573 bits per heavy atom. The highest BCUT2D eigenvalue weighted by molar-refractivity contribution is 7.84. The highest BCUT2D eigenvalue weighted by atomic mass is 32.2. The number of nitrogens with zero attached hydrogens (tertiary/aromatic N) is 2. The van der Waals surface area contributed by atoms with E-state index in [1.54, 1.807) is 25.2 Å². The van der Waals surface area contributed by atoms with Gasteiger partial charge in [0.2, 0.25) is 0 Å². The molecule has 0 amide bonds. The highest BCUT2D eigenvalue weighted by Gasteiger charge is 2.52. The predicted octanol–water partition coefficient (Wildman–Crippen LogP) is 14.8. The van der Waals surface area contributed by atoms with Gasteiger partial charge < -0.3 is 53.5 Å². The van der Waals surface area contributed by atoms with Crippen molar-refractivity contribution in [3.63, 3.8) is 0 Å². The molecule has 4 atom stereocenters. The molecule has 3 N–H and O–H groups in total. The van der Waals surface area contributed by atoms with E-state index in [-0.39, 0.29) is 89.0 Å². The lowest BCUT2D eigenvalue weighted by Crippen LogP contribution is -2.62. The van der Waals surface area contributed by atoms with Crippen molar-refractivity contribution in [2.45, 2.75) is 216 Å². The molecule has 18 nitrogen and oxygen atoms in total. The Kier molecular flexibility index (Phi) is 40.5. The SMILES string of the molecule is C.C#C.C1CCOC1.C=CCOC(=O)C(c1ccc(C2(N(COCC[Si](C)(C)C)S(=O)C(C)(C)C)COC2)cc1)C1CCCC1.C=CCOC(=O)C(c1ccc(C2(N)COC2)cc1)C1CCCC1.C=CCOC(=O)Cc1ccc(C2(N(COCC[Si](C)(C)C)S(=O)C(C)(C)C)COC2)cc1.CCO. The van der Waals surface area contributed by atoms with Crippen molar-refractivity contribution < 1.29 is 70.5 Å². The van der Waals surface area contributed by atoms with Crippen LogP contribution < -0.4 is 5.73 Å². The number of rotatable bonds is 31. The van der Waals surface area contributed by atoms with Gasteiger partial charge in [0.1, 0.15) is 66.3 Å². The van der Waals surface area contributed by atoms with Crippen LogP contribution in [-0.2, 0) is 102 Å². The standard InChI is InChI=1S/C29H47NO5SSi.C24H39NO5SSi.C19H25NO3.C4H8O.C2H6O.C2H2.CH4/c1-8-17-35-27(31)26(23-11-9-10-12-23)24-13-15-25(16-14-24)29(20-34-21-29)30(36(32)28(2,3)4)22-33-18-19-37(5,6)7;1-8-13-30-22(26)16-20-9-11-21(12-10-20)24(17-29-18-24)25(31(27)23(2,3)4)19-28-14-15-32(5,6)7;1-2-11-23-18(21)17(14-5-3-4-6-14)15-7-9-16(10-8-15)19(20)12-22-13-19;1-2-4-5-3-1;1-2-3;1-2;/h8,13-16,23,26H,1,9-12,17-22H2,2-7H3;8-12H,1,13-19H2,2-7H3;2,7-10,14,17H,1,3-6,11-13,20H2;1-4H2;3H,2H2,1H3;1-2H;1H4. The Labute approximate surface area is 627 Å². The summed E-state index contributed by atoms with van der Waals surface area (Å²) in [5.41, 5.74) is 10.9. The molecule has 3 aromatic carbocycles. The summed E-state index contributed by atoms with van der Waals surface area (Å²) < 4.78 is 80.0. The Balaban J connectivity index is 0.000000380. The van der Waals surface area contributed by atoms with Gasteiger partial charge in [-0.05, 0) is 144 Å². The summed E-state index contributed by atoms with van der Waals surface area (Å²) >= 11 is 0. The van der Waals surface area contributed by atoms with Gasteiger partial charge in [0.15, 0.2) is 0 Å². The van der Waals surface area contributed by atoms with E-state index in [0.717, 1.165) is 97.2 Å². The summed E-state index contributed by atoms with van der Waals surface area (Å²) in [6, 6.07) is 26.3. The van der Waals surface area contributed by atoms with Gasteiger partial charge in [0.05, 0.1) is 72.9 Å². The van der Waals surface area contributed by atoms with Crippen molar-refractivity contribution in [2.24, 2.45) is 17.6 Å². The first kappa shape index (κ1) is 92.4. The summed E-state index contributed by atoms with van der Waals surface area (Å²) in [4.78, 5) is 37.4. The smallest absolute Gasteiger partial charge is 0.314 e. The fraction of sp³-hybridized carbons (Fsp3) is 0.642. The van der Waals surface area contributed by atoms with Crippen LogP contribution in [0.2, 0.25) is 51.4 Å². The van der Waals surface area contributed by atoms with Crippen LogP contribution in [0.5, 0.6) is 0 Å². The Bertz CT molecular complexity index is 3050. The summed E-state index contributed by atoms with van der Waals surface area (Å²) in [5, 5.41) is 7.57. The molecule has 4 saturated heterocycles. The molecule has 6 aliphatic rings. The second-order valence-corrected chi connectivity index (χ2v) is 47.1. The first-order chi connectivity index (χ1) is 48.3. The van der Waals surface area contributed by atoms with E-state index in [4.69, 9.17) is 53.5 Å². The number of aliphatic hydroxyl groups excluding tert-OH is 1. The van der Waals surface area contributed by atoms with E-state index < -0.39 is 58.7 Å². The van der Waals surface area contributed by atoms with Gasteiger partial charge in [-0.2, -0.15) is 8.61 Å². The van der Waals surface area contributed by atoms with Crippen LogP contribution in [0.15, 0.2) is 111 Å². The van der Waals surface area contributed by atoms with Crippen LogP contribution in [0.3, 0.4) is 0 Å². The van der Waals surface area contributed by atoms with Crippen LogP contribution in [0.4, 0.5) is 0 Å². The van der Waals surface area contributed by atoms with Crippen LogP contribution in [0, 0.1) is 24.7 Å². The molecule has 0 aromatic heterocycles. The molecule has 0 radical (unpaired) electrons. The van der Waals surface area contributed by atoms with Crippen LogP contribution in [0.1, 0.15) is 165 Å². The quantitative estimate of drug-likeness (QED) is 0.0116. The number of hydrogen-bond donors (Lipinski definition) is 2. The fourth-order valence-electron chi connectivity index (χ4n) is 12.4. The average molecular weight is 1510 g/mol. The first-order valence-corrected chi connectivity index (χ1v) is 46.2. The molecule has 0 spiro atoms. The summed E-state index contributed by atoms with van der Waals surface area (Å²) in [6.45, 7) is 46.2. The van der Waals surface area contributed by atoms with Gasteiger partial charge in [-0.15, -0.1) is 12.8 Å². The average Bonchev–Trinajstić information content (AvgIpc) is 0.935. The monoisotopic (exact) mass is 1510 g/mol. The van der Waals surface area contributed by atoms with E-state index in [1.807, 2.05) is 98.7 Å². The van der Waals surface area contributed by atoms with Crippen molar-refractivity contribution in [2.75, 3.05) is 106 Å². The molecular formula is C81H131N3O15S2Si2. The minimum Gasteiger partial charge on any atom is -0.461 e. The van der Waals surface area contributed by atoms with Crippen LogP contribution in [-0.4, -0.2) is 172 Å². The molecule has 9 rings (SSSR count). The molecule has 22 heteroatoms. The number of terminal acetylenes is 1. The molecular weight excluding hydrogens is 1380 g/mol. The zero-order valence-corrected chi connectivity index (χ0v) is 67.8. The molecule has 2 saturated carbocycles. The minimum absolute atomic E-state index is 0. The van der Waals surface area contributed by atoms with Gasteiger partial charge in [0.25, 0.3) is 0 Å².